The predicted molar refractivity (Wildman–Crippen MR) is 194 cm³/mol. The Morgan fingerprint density at radius 3 is 2.23 bits per heavy atom. The molecule has 2 saturated heterocycles. The Labute approximate surface area is 311 Å². The second-order valence-electron chi connectivity index (χ2n) is 18.5. The highest BCUT2D eigenvalue weighted by Crippen LogP contribution is 2.67. The normalized spacial score (nSPS) is 48.9. The lowest BCUT2D eigenvalue weighted by Gasteiger charge is -2.58. The van der Waals surface area contributed by atoms with Gasteiger partial charge >= 0.3 is 0 Å². The molecule has 0 unspecified atom stereocenters. The molecule has 7 N–H and O–H groups in total. The van der Waals surface area contributed by atoms with Crippen molar-refractivity contribution >= 4 is 0 Å². The molecule has 6 rings (SSSR count). The van der Waals surface area contributed by atoms with Crippen LogP contribution in [0.2, 0.25) is 0 Å². The highest BCUT2D eigenvalue weighted by atomic mass is 16.8. The monoisotopic (exact) mass is 738 g/mol. The number of hydrogen-bond donors (Lipinski definition) is 7. The topological polar surface area (TPSA) is 179 Å². The van der Waals surface area contributed by atoms with Crippen molar-refractivity contribution in [3.05, 3.63) is 11.6 Å². The Kier molecular flexibility index (Phi) is 12.6. The van der Waals surface area contributed by atoms with E-state index in [1.54, 1.807) is 0 Å². The van der Waals surface area contributed by atoms with Crippen molar-refractivity contribution < 1.29 is 54.7 Å². The first-order valence-electron chi connectivity index (χ1n) is 20.6. The van der Waals surface area contributed by atoms with E-state index >= 15 is 0 Å². The zero-order valence-electron chi connectivity index (χ0n) is 32.5. The Morgan fingerprint density at radius 2 is 1.60 bits per heavy atom. The van der Waals surface area contributed by atoms with Gasteiger partial charge in [0.25, 0.3) is 0 Å². The van der Waals surface area contributed by atoms with Crippen molar-refractivity contribution in [3.8, 4) is 0 Å². The highest BCUT2D eigenvalue weighted by molar-refractivity contribution is 5.25. The number of fused-ring (bicyclic) bond motifs is 5. The minimum absolute atomic E-state index is 0.0825. The number of allylic oxidation sites excluding steroid dienone is 1. The van der Waals surface area contributed by atoms with Crippen LogP contribution in [0.5, 0.6) is 0 Å². The molecule has 2 aliphatic heterocycles. The van der Waals surface area contributed by atoms with E-state index < -0.39 is 74.6 Å². The lowest BCUT2D eigenvalue weighted by Crippen LogP contribution is -2.64. The zero-order valence-corrected chi connectivity index (χ0v) is 32.5. The van der Waals surface area contributed by atoms with Gasteiger partial charge in [-0.15, -0.1) is 0 Å². The standard InChI is InChI=1S/C41H70O11/c1-7-24(22(2)3)9-8-23(4)28-12-13-29-27-11-10-25-18-26(14-16-39(25,5)30(27)15-17-40(28,29)6)49-36-33(45)31(19-42)50-38(35(36)47)52-41(21-44)37(48)34(46)32(20-43)51-41/h10,22-24,26-38,42-48H,7-9,11-21H2,1-6H3/t23-,24-,26+,27+,28-,29+,30+,31-,32-,33-,34-,35-,36+,37+,38-,39+,40-,41+/m1/s1. The van der Waals surface area contributed by atoms with E-state index in [4.69, 9.17) is 18.9 Å². The molecule has 5 fully saturated rings. The summed E-state index contributed by atoms with van der Waals surface area (Å²) < 4.78 is 23.5. The largest absolute Gasteiger partial charge is 0.394 e. The number of ether oxygens (including phenoxy) is 4. The summed E-state index contributed by atoms with van der Waals surface area (Å²) in [4.78, 5) is 0. The minimum Gasteiger partial charge on any atom is -0.394 e. The van der Waals surface area contributed by atoms with E-state index in [1.165, 1.54) is 50.5 Å². The van der Waals surface area contributed by atoms with Gasteiger partial charge in [0.05, 0.1) is 19.3 Å². The van der Waals surface area contributed by atoms with E-state index in [9.17, 15) is 35.7 Å². The molecule has 3 saturated carbocycles. The fourth-order valence-corrected chi connectivity index (χ4v) is 12.4. The van der Waals surface area contributed by atoms with Gasteiger partial charge in [-0.1, -0.05) is 66.0 Å². The van der Waals surface area contributed by atoms with E-state index in [0.29, 0.717) is 23.7 Å². The molecule has 11 heteroatoms. The third-order valence-corrected chi connectivity index (χ3v) is 15.7. The molecule has 0 spiro atoms. The van der Waals surface area contributed by atoms with E-state index in [1.807, 2.05) is 0 Å². The number of aliphatic hydroxyl groups excluding tert-OH is 7. The van der Waals surface area contributed by atoms with Crippen LogP contribution >= 0.6 is 0 Å². The average Bonchev–Trinajstić information content (AvgIpc) is 3.60. The van der Waals surface area contributed by atoms with Gasteiger partial charge in [-0.2, -0.15) is 0 Å². The first kappa shape index (κ1) is 40.9. The molecule has 0 aromatic heterocycles. The quantitative estimate of drug-likeness (QED) is 0.137. The third kappa shape index (κ3) is 7.10. The third-order valence-electron chi connectivity index (χ3n) is 15.7. The maximum absolute atomic E-state index is 11.4. The first-order valence-corrected chi connectivity index (χ1v) is 20.6. The maximum Gasteiger partial charge on any atom is 0.224 e. The Bertz CT molecular complexity index is 1230. The summed E-state index contributed by atoms with van der Waals surface area (Å²) in [5, 5.41) is 73.4. The molecule has 0 aromatic rings. The van der Waals surface area contributed by atoms with E-state index in [2.05, 4.69) is 47.6 Å². The van der Waals surface area contributed by atoms with Crippen molar-refractivity contribution in [2.75, 3.05) is 19.8 Å². The van der Waals surface area contributed by atoms with Crippen LogP contribution in [-0.4, -0.2) is 116 Å². The fourth-order valence-electron chi connectivity index (χ4n) is 12.4. The molecule has 18 atom stereocenters. The SMILES string of the molecule is CC[C@H](CC[C@@H](C)[C@H]1CC[C@H]2[C@@H]3CC=C4C[C@@H](O[C@@H]5[C@@H](O)[C@@H](O[C@]6(CO)O[C@H](CO)[C@@H](O)[C@@H]6O)O[C@H](CO)[C@H]5O)CC[C@]4(C)[C@H]3CC[C@]12C)C(C)C. The lowest BCUT2D eigenvalue weighted by molar-refractivity contribution is -0.387. The molecule has 52 heavy (non-hydrogen) atoms. The molecule has 6 aliphatic rings. The van der Waals surface area contributed by atoms with Crippen LogP contribution in [0.3, 0.4) is 0 Å². The average molecular weight is 739 g/mol. The Balaban J connectivity index is 1.12. The summed E-state index contributed by atoms with van der Waals surface area (Å²) in [5.74, 6) is 3.01. The molecular formula is C41H70O11. The molecule has 0 bridgehead atoms. The second kappa shape index (κ2) is 16.0. The number of hydrogen-bond acceptors (Lipinski definition) is 11. The number of aliphatic hydroxyl groups is 7. The second-order valence-corrected chi connectivity index (χ2v) is 18.5. The summed E-state index contributed by atoms with van der Waals surface area (Å²) in [6.07, 6.45) is 3.42. The van der Waals surface area contributed by atoms with Crippen molar-refractivity contribution in [2.24, 2.45) is 52.3 Å². The number of rotatable bonds is 13. The summed E-state index contributed by atoms with van der Waals surface area (Å²) in [7, 11) is 0. The summed E-state index contributed by atoms with van der Waals surface area (Å²) in [6.45, 7) is 12.6. The van der Waals surface area contributed by atoms with Crippen LogP contribution in [0.4, 0.5) is 0 Å². The molecular weight excluding hydrogens is 668 g/mol. The fraction of sp³-hybridized carbons (Fsp3) is 0.951. The van der Waals surface area contributed by atoms with Gasteiger partial charge in [0, 0.05) is 0 Å². The molecule has 11 nitrogen and oxygen atoms in total. The van der Waals surface area contributed by atoms with E-state index in [0.717, 1.165) is 48.9 Å². The van der Waals surface area contributed by atoms with Crippen molar-refractivity contribution in [2.45, 2.75) is 173 Å². The molecule has 0 amide bonds. The Hall–Kier alpha value is -0.700. The minimum atomic E-state index is -2.21. The van der Waals surface area contributed by atoms with Crippen LogP contribution in [0.25, 0.3) is 0 Å². The Morgan fingerprint density at radius 1 is 0.865 bits per heavy atom. The first-order chi connectivity index (χ1) is 24.7. The van der Waals surface area contributed by atoms with Crippen molar-refractivity contribution in [1.82, 2.24) is 0 Å². The maximum atomic E-state index is 11.4. The van der Waals surface area contributed by atoms with Gasteiger partial charge in [-0.05, 0) is 110 Å². The van der Waals surface area contributed by atoms with Crippen LogP contribution in [0.15, 0.2) is 11.6 Å². The van der Waals surface area contributed by atoms with Gasteiger partial charge in [-0.3, -0.25) is 0 Å². The van der Waals surface area contributed by atoms with E-state index in [-0.39, 0.29) is 11.5 Å². The van der Waals surface area contributed by atoms with Gasteiger partial charge in [0.2, 0.25) is 5.79 Å². The van der Waals surface area contributed by atoms with Gasteiger partial charge < -0.3 is 54.7 Å². The van der Waals surface area contributed by atoms with Crippen LogP contribution in [0, 0.1) is 52.3 Å². The lowest BCUT2D eigenvalue weighted by atomic mass is 9.47. The molecule has 2 heterocycles. The zero-order chi connectivity index (χ0) is 37.7. The van der Waals surface area contributed by atoms with Crippen molar-refractivity contribution in [3.63, 3.8) is 0 Å². The smallest absolute Gasteiger partial charge is 0.224 e. The van der Waals surface area contributed by atoms with Gasteiger partial charge in [0.1, 0.15) is 49.3 Å². The van der Waals surface area contributed by atoms with Crippen LogP contribution < -0.4 is 0 Å². The van der Waals surface area contributed by atoms with Crippen LogP contribution in [-0.2, 0) is 18.9 Å². The van der Waals surface area contributed by atoms with Gasteiger partial charge in [0.15, 0.2) is 6.29 Å². The molecule has 4 aliphatic carbocycles. The highest BCUT2D eigenvalue weighted by Gasteiger charge is 2.61. The predicted octanol–water partition coefficient (Wildman–Crippen LogP) is 3.67. The van der Waals surface area contributed by atoms with Gasteiger partial charge in [-0.25, -0.2) is 0 Å². The summed E-state index contributed by atoms with van der Waals surface area (Å²) in [5.41, 5.74) is 1.90. The van der Waals surface area contributed by atoms with Crippen LogP contribution in [0.1, 0.15) is 112 Å². The molecule has 300 valence electrons. The van der Waals surface area contributed by atoms with Crippen molar-refractivity contribution in [1.29, 1.82) is 0 Å². The molecule has 0 aromatic carbocycles. The summed E-state index contributed by atoms with van der Waals surface area (Å²) >= 11 is 0. The summed E-state index contributed by atoms with van der Waals surface area (Å²) in [6, 6.07) is 0. The molecule has 0 radical (unpaired) electrons.